The molecular weight excluding hydrogens is 274 g/mol. The molecule has 3 heteroatoms. The molecule has 0 fully saturated rings. The standard InChI is InChI=1S/C19H23NO2/c1-3-21-16-7-5-6-15(13-16)19-18-9-8-17(22-4-2)12-14(18)10-11-20-19/h5-9,12-13,19-20H,3-4,10-11H2,1-2H3. The lowest BCUT2D eigenvalue weighted by Crippen LogP contribution is -2.30. The predicted octanol–water partition coefficient (Wildman–Crippen LogP) is 3.72. The summed E-state index contributed by atoms with van der Waals surface area (Å²) in [5.74, 6) is 1.89. The molecule has 1 heterocycles. The molecule has 1 unspecified atom stereocenters. The smallest absolute Gasteiger partial charge is 0.119 e. The Morgan fingerprint density at radius 3 is 2.55 bits per heavy atom. The van der Waals surface area contributed by atoms with Crippen molar-refractivity contribution in [1.82, 2.24) is 5.32 Å². The van der Waals surface area contributed by atoms with Crippen molar-refractivity contribution in [3.8, 4) is 11.5 Å². The number of hydrogen-bond donors (Lipinski definition) is 1. The minimum Gasteiger partial charge on any atom is -0.494 e. The van der Waals surface area contributed by atoms with Gasteiger partial charge in [-0.3, -0.25) is 0 Å². The molecule has 3 nitrogen and oxygen atoms in total. The molecule has 0 aliphatic carbocycles. The van der Waals surface area contributed by atoms with E-state index in [0.29, 0.717) is 13.2 Å². The van der Waals surface area contributed by atoms with E-state index >= 15 is 0 Å². The van der Waals surface area contributed by atoms with Gasteiger partial charge in [0.05, 0.1) is 19.3 Å². The van der Waals surface area contributed by atoms with Gasteiger partial charge in [-0.05, 0) is 61.2 Å². The molecule has 1 aliphatic heterocycles. The number of hydrogen-bond acceptors (Lipinski definition) is 3. The summed E-state index contributed by atoms with van der Waals surface area (Å²) in [6.45, 7) is 6.40. The van der Waals surface area contributed by atoms with Gasteiger partial charge in [0.1, 0.15) is 11.5 Å². The van der Waals surface area contributed by atoms with Crippen LogP contribution in [0.3, 0.4) is 0 Å². The van der Waals surface area contributed by atoms with Gasteiger partial charge in [0.2, 0.25) is 0 Å². The third-order valence-corrected chi connectivity index (χ3v) is 3.98. The normalized spacial score (nSPS) is 16.9. The molecule has 2 aromatic carbocycles. The second-order valence-electron chi connectivity index (χ2n) is 5.44. The molecule has 2 aromatic rings. The fourth-order valence-electron chi connectivity index (χ4n) is 3.05. The lowest BCUT2D eigenvalue weighted by atomic mass is 9.89. The van der Waals surface area contributed by atoms with Gasteiger partial charge >= 0.3 is 0 Å². The summed E-state index contributed by atoms with van der Waals surface area (Å²) in [4.78, 5) is 0. The molecule has 116 valence electrons. The topological polar surface area (TPSA) is 30.5 Å². The first-order valence-corrected chi connectivity index (χ1v) is 8.03. The first-order chi connectivity index (χ1) is 10.8. The quantitative estimate of drug-likeness (QED) is 0.912. The number of fused-ring (bicyclic) bond motifs is 1. The number of benzene rings is 2. The van der Waals surface area contributed by atoms with Crippen LogP contribution in [0.1, 0.15) is 36.6 Å². The molecule has 0 aromatic heterocycles. The first kappa shape index (κ1) is 14.9. The lowest BCUT2D eigenvalue weighted by molar-refractivity contribution is 0.338. The van der Waals surface area contributed by atoms with Crippen LogP contribution in [0.15, 0.2) is 42.5 Å². The molecule has 0 bridgehead atoms. The summed E-state index contributed by atoms with van der Waals surface area (Å²) < 4.78 is 11.3. The van der Waals surface area contributed by atoms with Gasteiger partial charge in [0.25, 0.3) is 0 Å². The lowest BCUT2D eigenvalue weighted by Gasteiger charge is -2.28. The third-order valence-electron chi connectivity index (χ3n) is 3.98. The Labute approximate surface area is 132 Å². The molecule has 1 atom stereocenters. The van der Waals surface area contributed by atoms with Crippen LogP contribution in [0.2, 0.25) is 0 Å². The fraction of sp³-hybridized carbons (Fsp3) is 0.368. The first-order valence-electron chi connectivity index (χ1n) is 8.03. The van der Waals surface area contributed by atoms with Crippen molar-refractivity contribution < 1.29 is 9.47 Å². The van der Waals surface area contributed by atoms with E-state index in [1.165, 1.54) is 16.7 Å². The molecule has 3 rings (SSSR count). The van der Waals surface area contributed by atoms with Gasteiger partial charge < -0.3 is 14.8 Å². The Hall–Kier alpha value is -2.00. The Morgan fingerprint density at radius 1 is 1.00 bits per heavy atom. The summed E-state index contributed by atoms with van der Waals surface area (Å²) in [6, 6.07) is 15.0. The van der Waals surface area contributed by atoms with Gasteiger partial charge in [-0.2, -0.15) is 0 Å². The largest absolute Gasteiger partial charge is 0.494 e. The van der Waals surface area contributed by atoms with Gasteiger partial charge in [0, 0.05) is 6.54 Å². The minimum absolute atomic E-state index is 0.222. The fourth-order valence-corrected chi connectivity index (χ4v) is 3.05. The highest BCUT2D eigenvalue weighted by atomic mass is 16.5. The van der Waals surface area contributed by atoms with Crippen molar-refractivity contribution in [1.29, 1.82) is 0 Å². The molecule has 0 saturated heterocycles. The predicted molar refractivity (Wildman–Crippen MR) is 88.8 cm³/mol. The van der Waals surface area contributed by atoms with E-state index < -0.39 is 0 Å². The van der Waals surface area contributed by atoms with Gasteiger partial charge in [-0.25, -0.2) is 0 Å². The SMILES string of the molecule is CCOc1cccc(C2NCCc3cc(OCC)ccc32)c1. The van der Waals surface area contributed by atoms with Crippen molar-refractivity contribution in [2.24, 2.45) is 0 Å². The maximum absolute atomic E-state index is 5.63. The van der Waals surface area contributed by atoms with Crippen LogP contribution in [0.4, 0.5) is 0 Å². The molecule has 1 aliphatic rings. The van der Waals surface area contributed by atoms with Crippen molar-refractivity contribution in [3.05, 3.63) is 59.2 Å². The summed E-state index contributed by atoms with van der Waals surface area (Å²) in [5, 5.41) is 3.62. The van der Waals surface area contributed by atoms with Crippen molar-refractivity contribution in [3.63, 3.8) is 0 Å². The van der Waals surface area contributed by atoms with Crippen LogP contribution in [-0.4, -0.2) is 19.8 Å². The molecule has 0 radical (unpaired) electrons. The zero-order valence-electron chi connectivity index (χ0n) is 13.3. The average molecular weight is 297 g/mol. The Balaban J connectivity index is 1.92. The van der Waals surface area contributed by atoms with E-state index in [1.54, 1.807) is 0 Å². The Kier molecular flexibility index (Phi) is 4.64. The number of ether oxygens (including phenoxy) is 2. The van der Waals surface area contributed by atoms with Crippen molar-refractivity contribution >= 4 is 0 Å². The van der Waals surface area contributed by atoms with Crippen LogP contribution in [0.25, 0.3) is 0 Å². The van der Waals surface area contributed by atoms with E-state index in [2.05, 4.69) is 41.7 Å². The zero-order valence-corrected chi connectivity index (χ0v) is 13.3. The maximum Gasteiger partial charge on any atom is 0.119 e. The summed E-state index contributed by atoms with van der Waals surface area (Å²) in [6.07, 6.45) is 1.04. The van der Waals surface area contributed by atoms with Crippen LogP contribution in [0, 0.1) is 0 Å². The third kappa shape index (κ3) is 3.09. The molecule has 22 heavy (non-hydrogen) atoms. The highest BCUT2D eigenvalue weighted by molar-refractivity contribution is 5.45. The van der Waals surface area contributed by atoms with E-state index in [1.807, 2.05) is 19.9 Å². The minimum atomic E-state index is 0.222. The van der Waals surface area contributed by atoms with Crippen molar-refractivity contribution in [2.75, 3.05) is 19.8 Å². The number of rotatable bonds is 5. The molecule has 0 saturated carbocycles. The van der Waals surface area contributed by atoms with E-state index in [9.17, 15) is 0 Å². The second kappa shape index (κ2) is 6.84. The van der Waals surface area contributed by atoms with E-state index in [0.717, 1.165) is 24.5 Å². The summed E-state index contributed by atoms with van der Waals surface area (Å²) in [7, 11) is 0. The Morgan fingerprint density at radius 2 is 1.77 bits per heavy atom. The monoisotopic (exact) mass is 297 g/mol. The highest BCUT2D eigenvalue weighted by Gasteiger charge is 2.22. The molecular formula is C19H23NO2. The number of nitrogens with one attached hydrogen (secondary N) is 1. The van der Waals surface area contributed by atoms with Crippen LogP contribution < -0.4 is 14.8 Å². The Bertz CT molecular complexity index is 639. The summed E-state index contributed by atoms with van der Waals surface area (Å²) in [5.41, 5.74) is 3.95. The second-order valence-corrected chi connectivity index (χ2v) is 5.44. The molecule has 0 spiro atoms. The molecule has 0 amide bonds. The summed E-state index contributed by atoms with van der Waals surface area (Å²) >= 11 is 0. The van der Waals surface area contributed by atoms with Crippen LogP contribution in [0.5, 0.6) is 11.5 Å². The van der Waals surface area contributed by atoms with Gasteiger partial charge in [-0.1, -0.05) is 18.2 Å². The van der Waals surface area contributed by atoms with Crippen molar-refractivity contribution in [2.45, 2.75) is 26.3 Å². The molecule has 1 N–H and O–H groups in total. The zero-order chi connectivity index (χ0) is 15.4. The van der Waals surface area contributed by atoms with E-state index in [-0.39, 0.29) is 6.04 Å². The average Bonchev–Trinajstić information content (AvgIpc) is 2.55. The van der Waals surface area contributed by atoms with Gasteiger partial charge in [-0.15, -0.1) is 0 Å². The van der Waals surface area contributed by atoms with Crippen LogP contribution >= 0.6 is 0 Å². The van der Waals surface area contributed by atoms with E-state index in [4.69, 9.17) is 9.47 Å². The maximum atomic E-state index is 5.63. The van der Waals surface area contributed by atoms with Gasteiger partial charge in [0.15, 0.2) is 0 Å². The highest BCUT2D eigenvalue weighted by Crippen LogP contribution is 2.32. The van der Waals surface area contributed by atoms with Crippen LogP contribution in [-0.2, 0) is 6.42 Å².